The van der Waals surface area contributed by atoms with Gasteiger partial charge in [-0.15, -0.1) is 0 Å². The molecule has 0 bridgehead atoms. The third-order valence-corrected chi connectivity index (χ3v) is 4.14. The summed E-state index contributed by atoms with van der Waals surface area (Å²) in [6.45, 7) is 0. The number of pyridine rings is 1. The molecule has 1 aliphatic rings. The van der Waals surface area contributed by atoms with Gasteiger partial charge in [-0.25, -0.2) is 4.98 Å². The van der Waals surface area contributed by atoms with Crippen molar-refractivity contribution >= 4 is 23.6 Å². The van der Waals surface area contributed by atoms with E-state index in [1.54, 1.807) is 18.2 Å². The molecule has 1 N–H and O–H groups in total. The van der Waals surface area contributed by atoms with Gasteiger partial charge in [0.15, 0.2) is 0 Å². The molecule has 0 unspecified atom stereocenters. The van der Waals surface area contributed by atoms with Crippen LogP contribution in [0, 0.1) is 17.2 Å². The summed E-state index contributed by atoms with van der Waals surface area (Å²) in [5, 5.41) is 12.6. The maximum absolute atomic E-state index is 12.5. The van der Waals surface area contributed by atoms with Crippen LogP contribution in [0.25, 0.3) is 6.08 Å². The Morgan fingerprint density at radius 1 is 1.25 bits per heavy atom. The van der Waals surface area contributed by atoms with Gasteiger partial charge in [-0.3, -0.25) is 4.79 Å². The van der Waals surface area contributed by atoms with Crippen LogP contribution in [-0.2, 0) is 4.79 Å². The first-order valence-corrected chi connectivity index (χ1v) is 8.15. The molecule has 1 fully saturated rings. The zero-order valence-electron chi connectivity index (χ0n) is 12.9. The molecular weight excluding hydrogens is 322 g/mol. The second kappa shape index (κ2) is 7.29. The lowest BCUT2D eigenvalue weighted by Crippen LogP contribution is -2.30. The first-order valence-electron chi connectivity index (χ1n) is 7.77. The van der Waals surface area contributed by atoms with Crippen molar-refractivity contribution in [3.63, 3.8) is 0 Å². The number of hydrogen-bond acceptors (Lipinski definition) is 3. The topological polar surface area (TPSA) is 65.8 Å². The van der Waals surface area contributed by atoms with E-state index in [1.165, 1.54) is 6.08 Å². The number of halogens is 1. The fourth-order valence-electron chi connectivity index (χ4n) is 2.58. The van der Waals surface area contributed by atoms with Gasteiger partial charge in [-0.1, -0.05) is 48.0 Å². The lowest BCUT2D eigenvalue weighted by molar-refractivity contribution is -0.117. The molecule has 0 saturated heterocycles. The second-order valence-electron chi connectivity index (χ2n) is 5.75. The maximum Gasteiger partial charge on any atom is 0.262 e. The zero-order valence-corrected chi connectivity index (χ0v) is 13.7. The number of rotatable bonds is 5. The van der Waals surface area contributed by atoms with Crippen LogP contribution in [0.4, 0.5) is 0 Å². The van der Waals surface area contributed by atoms with Gasteiger partial charge in [-0.2, -0.15) is 5.26 Å². The predicted octanol–water partition coefficient (Wildman–Crippen LogP) is 3.91. The number of nitrogens with one attached hydrogen (secondary N) is 1. The summed E-state index contributed by atoms with van der Waals surface area (Å²) in [4.78, 5) is 16.6. The number of hydrogen-bond donors (Lipinski definition) is 1. The Hall–Kier alpha value is -2.64. The van der Waals surface area contributed by atoms with E-state index in [-0.39, 0.29) is 17.5 Å². The molecule has 1 aromatic heterocycles. The van der Waals surface area contributed by atoms with Gasteiger partial charge in [0.05, 0.1) is 11.7 Å². The van der Waals surface area contributed by atoms with Crippen molar-refractivity contribution in [1.82, 2.24) is 10.3 Å². The fourth-order valence-corrected chi connectivity index (χ4v) is 2.75. The highest BCUT2D eigenvalue weighted by Crippen LogP contribution is 2.41. The molecule has 1 aliphatic carbocycles. The number of nitriles is 1. The molecule has 1 heterocycles. The predicted molar refractivity (Wildman–Crippen MR) is 92.9 cm³/mol. The van der Waals surface area contributed by atoms with E-state index >= 15 is 0 Å². The molecule has 1 amide bonds. The Morgan fingerprint density at radius 2 is 2.00 bits per heavy atom. The van der Waals surface area contributed by atoms with Crippen LogP contribution < -0.4 is 5.32 Å². The molecule has 1 saturated carbocycles. The molecule has 0 aliphatic heterocycles. The SMILES string of the molecule is N#CC(=Cc1cccc(Cl)n1)C(=O)N[C@@H](c1ccccc1)C1CC1. The van der Waals surface area contributed by atoms with Crippen LogP contribution in [0.3, 0.4) is 0 Å². The number of nitrogens with zero attached hydrogens (tertiary/aromatic N) is 2. The number of amides is 1. The van der Waals surface area contributed by atoms with Crippen molar-refractivity contribution in [3.05, 3.63) is 70.5 Å². The normalized spacial score (nSPS) is 15.4. The average molecular weight is 338 g/mol. The van der Waals surface area contributed by atoms with Crippen LogP contribution in [0.2, 0.25) is 5.15 Å². The van der Waals surface area contributed by atoms with Crippen molar-refractivity contribution in [2.45, 2.75) is 18.9 Å². The molecule has 0 radical (unpaired) electrons. The maximum atomic E-state index is 12.5. The van der Waals surface area contributed by atoms with E-state index in [9.17, 15) is 10.1 Å². The van der Waals surface area contributed by atoms with Gasteiger partial charge in [0, 0.05) is 0 Å². The largest absolute Gasteiger partial charge is 0.344 e. The third kappa shape index (κ3) is 4.01. The van der Waals surface area contributed by atoms with E-state index in [1.807, 2.05) is 36.4 Å². The molecule has 1 atom stereocenters. The van der Waals surface area contributed by atoms with Gasteiger partial charge in [0.1, 0.15) is 16.8 Å². The number of carbonyl (C=O) groups is 1. The highest BCUT2D eigenvalue weighted by atomic mass is 35.5. The highest BCUT2D eigenvalue weighted by Gasteiger charge is 2.33. The van der Waals surface area contributed by atoms with Crippen molar-refractivity contribution < 1.29 is 4.79 Å². The smallest absolute Gasteiger partial charge is 0.262 e. The summed E-state index contributed by atoms with van der Waals surface area (Å²) < 4.78 is 0. The number of aromatic nitrogens is 1. The lowest BCUT2D eigenvalue weighted by atomic mass is 10.0. The molecule has 5 heteroatoms. The molecule has 24 heavy (non-hydrogen) atoms. The van der Waals surface area contributed by atoms with Crippen molar-refractivity contribution in [1.29, 1.82) is 5.26 Å². The summed E-state index contributed by atoms with van der Waals surface area (Å²) in [6.07, 6.45) is 3.62. The van der Waals surface area contributed by atoms with E-state index < -0.39 is 0 Å². The lowest BCUT2D eigenvalue weighted by Gasteiger charge is -2.18. The van der Waals surface area contributed by atoms with Crippen LogP contribution in [0.15, 0.2) is 54.1 Å². The minimum atomic E-state index is -0.389. The molecule has 0 spiro atoms. The zero-order chi connectivity index (χ0) is 16.9. The Kier molecular flexibility index (Phi) is 4.93. The average Bonchev–Trinajstić information content (AvgIpc) is 3.43. The summed E-state index contributed by atoms with van der Waals surface area (Å²) in [5.41, 5.74) is 1.56. The van der Waals surface area contributed by atoms with Gasteiger partial charge in [0.2, 0.25) is 0 Å². The Bertz CT molecular complexity index is 807. The Labute approximate surface area is 145 Å². The van der Waals surface area contributed by atoms with E-state index in [2.05, 4.69) is 10.3 Å². The fraction of sp³-hybridized carbons (Fsp3) is 0.211. The second-order valence-corrected chi connectivity index (χ2v) is 6.14. The first kappa shape index (κ1) is 16.2. The number of benzene rings is 1. The van der Waals surface area contributed by atoms with Crippen LogP contribution in [0.5, 0.6) is 0 Å². The monoisotopic (exact) mass is 337 g/mol. The quantitative estimate of drug-likeness (QED) is 0.511. The van der Waals surface area contributed by atoms with Gasteiger partial charge >= 0.3 is 0 Å². The van der Waals surface area contributed by atoms with Crippen molar-refractivity contribution in [3.8, 4) is 6.07 Å². The van der Waals surface area contributed by atoms with E-state index in [0.29, 0.717) is 16.8 Å². The van der Waals surface area contributed by atoms with Gasteiger partial charge in [-0.05, 0) is 42.5 Å². The van der Waals surface area contributed by atoms with Crippen LogP contribution >= 0.6 is 11.6 Å². The van der Waals surface area contributed by atoms with Gasteiger partial charge < -0.3 is 5.32 Å². The Balaban J connectivity index is 1.80. The first-order chi connectivity index (χ1) is 11.7. The third-order valence-electron chi connectivity index (χ3n) is 3.93. The minimum Gasteiger partial charge on any atom is -0.344 e. The summed E-state index contributed by atoms with van der Waals surface area (Å²) >= 11 is 5.84. The Morgan fingerprint density at radius 3 is 2.62 bits per heavy atom. The number of carbonyl (C=O) groups excluding carboxylic acids is 1. The van der Waals surface area contributed by atoms with Gasteiger partial charge in [0.25, 0.3) is 5.91 Å². The molecule has 120 valence electrons. The standard InChI is InChI=1S/C19H16ClN3O/c20-17-8-4-7-16(22-17)11-15(12-21)19(24)23-18(14-9-10-14)13-5-2-1-3-6-13/h1-8,11,14,18H,9-10H2,(H,23,24)/t18-/m0/s1. The van der Waals surface area contributed by atoms with Crippen LogP contribution in [-0.4, -0.2) is 10.9 Å². The molecular formula is C19H16ClN3O. The molecule has 3 rings (SSSR count). The molecule has 2 aromatic rings. The molecule has 4 nitrogen and oxygen atoms in total. The van der Waals surface area contributed by atoms with E-state index in [4.69, 9.17) is 11.6 Å². The molecule has 1 aromatic carbocycles. The van der Waals surface area contributed by atoms with Crippen LogP contribution in [0.1, 0.15) is 30.1 Å². The minimum absolute atomic E-state index is 0.0198. The highest BCUT2D eigenvalue weighted by molar-refractivity contribution is 6.29. The summed E-state index contributed by atoms with van der Waals surface area (Å²) in [6, 6.07) is 16.8. The van der Waals surface area contributed by atoms with Crippen molar-refractivity contribution in [2.24, 2.45) is 5.92 Å². The summed E-state index contributed by atoms with van der Waals surface area (Å²) in [5.74, 6) is 0.0422. The van der Waals surface area contributed by atoms with Crippen molar-refractivity contribution in [2.75, 3.05) is 0 Å². The summed E-state index contributed by atoms with van der Waals surface area (Å²) in [7, 11) is 0. The van der Waals surface area contributed by atoms with E-state index in [0.717, 1.165) is 18.4 Å².